The van der Waals surface area contributed by atoms with Gasteiger partial charge < -0.3 is 4.57 Å². The molecule has 0 bridgehead atoms. The van der Waals surface area contributed by atoms with Gasteiger partial charge in [0.25, 0.3) is 0 Å². The Labute approximate surface area is 335 Å². The van der Waals surface area contributed by atoms with E-state index in [2.05, 4.69) is 157 Å². The van der Waals surface area contributed by atoms with Gasteiger partial charge >= 0.3 is 0 Å². The van der Waals surface area contributed by atoms with Crippen LogP contribution in [0.15, 0.2) is 146 Å². The predicted octanol–water partition coefficient (Wildman–Crippen LogP) is 16.8. The highest BCUT2D eigenvalue weighted by Crippen LogP contribution is 2.43. The first-order chi connectivity index (χ1) is 28.2. The van der Waals surface area contributed by atoms with Crippen molar-refractivity contribution in [2.75, 3.05) is 0 Å². The van der Waals surface area contributed by atoms with Crippen LogP contribution in [-0.4, -0.2) is 4.57 Å². The summed E-state index contributed by atoms with van der Waals surface area (Å²) >= 11 is 0. The minimum atomic E-state index is 1.05. The summed E-state index contributed by atoms with van der Waals surface area (Å²) in [7, 11) is 0. The van der Waals surface area contributed by atoms with Gasteiger partial charge in [0.1, 0.15) is 0 Å². The number of aromatic nitrogens is 1. The maximum atomic E-state index is 2.62. The Morgan fingerprint density at radius 1 is 0.333 bits per heavy atom. The van der Waals surface area contributed by atoms with Crippen molar-refractivity contribution in [2.24, 2.45) is 0 Å². The summed E-state index contributed by atoms with van der Waals surface area (Å²) in [4.78, 5) is 0. The van der Waals surface area contributed by atoms with E-state index in [4.69, 9.17) is 0 Å². The molecule has 57 heavy (non-hydrogen) atoms. The van der Waals surface area contributed by atoms with Crippen LogP contribution < -0.4 is 0 Å². The average molecular weight is 736 g/mol. The standard InChI is InChI=1S/C56H49N/c1-2-3-4-5-6-7-8-9-10-11-34-57-51-32-26-43(45-28-22-41-20-18-37-14-12-16-39-24-30-47(45)55(41)53(37)39)35-49(51)50-36-44(27-33-52(50)57)46-29-23-42-21-19-38-15-13-17-40-25-31-48(46)56(42)54(38)40/h12-33,35-36H,2-11,34H2,1H3. The van der Waals surface area contributed by atoms with Crippen molar-refractivity contribution in [3.05, 3.63) is 146 Å². The second kappa shape index (κ2) is 14.2. The maximum Gasteiger partial charge on any atom is 0.0491 e. The van der Waals surface area contributed by atoms with Crippen LogP contribution in [0.3, 0.4) is 0 Å². The van der Waals surface area contributed by atoms with Crippen LogP contribution in [0.5, 0.6) is 0 Å². The molecule has 0 amide bonds. The number of fused-ring (bicyclic) bond motifs is 3. The van der Waals surface area contributed by atoms with Gasteiger partial charge in [0.2, 0.25) is 0 Å². The van der Waals surface area contributed by atoms with E-state index >= 15 is 0 Å². The third-order valence-electron chi connectivity index (χ3n) is 13.3. The Bertz CT molecular complexity index is 2990. The highest BCUT2D eigenvalue weighted by atomic mass is 15.0. The van der Waals surface area contributed by atoms with Crippen LogP contribution in [0.1, 0.15) is 71.1 Å². The Morgan fingerprint density at radius 3 is 1.18 bits per heavy atom. The van der Waals surface area contributed by atoms with Gasteiger partial charge in [0.15, 0.2) is 0 Å². The van der Waals surface area contributed by atoms with Gasteiger partial charge in [0.05, 0.1) is 0 Å². The first-order valence-corrected chi connectivity index (χ1v) is 21.6. The Balaban J connectivity index is 1.02. The molecule has 0 aliphatic carbocycles. The third kappa shape index (κ3) is 5.73. The zero-order valence-electron chi connectivity index (χ0n) is 33.1. The zero-order chi connectivity index (χ0) is 37.9. The van der Waals surface area contributed by atoms with Crippen molar-refractivity contribution in [3.63, 3.8) is 0 Å². The van der Waals surface area contributed by atoms with E-state index in [9.17, 15) is 0 Å². The van der Waals surface area contributed by atoms with E-state index in [1.54, 1.807) is 0 Å². The molecular weight excluding hydrogens is 687 g/mol. The molecule has 0 unspecified atom stereocenters. The van der Waals surface area contributed by atoms with Crippen LogP contribution in [0.2, 0.25) is 0 Å². The van der Waals surface area contributed by atoms with Crippen molar-refractivity contribution in [1.82, 2.24) is 4.57 Å². The SMILES string of the molecule is CCCCCCCCCCCCn1c2ccc(-c3ccc4ccc5cccc6ccc3c4c56)cc2c2cc(-c3ccc4ccc5cccc6ccc3c4c56)ccc21. The van der Waals surface area contributed by atoms with E-state index in [-0.39, 0.29) is 0 Å². The highest BCUT2D eigenvalue weighted by Gasteiger charge is 2.18. The number of benzene rings is 10. The van der Waals surface area contributed by atoms with Gasteiger partial charge in [-0.05, 0) is 118 Å². The number of hydrogen-bond donors (Lipinski definition) is 0. The number of aryl methyl sites for hydroxylation is 1. The number of unbranched alkanes of at least 4 members (excludes halogenated alkanes) is 9. The van der Waals surface area contributed by atoms with Crippen molar-refractivity contribution in [2.45, 2.75) is 77.7 Å². The molecule has 0 saturated heterocycles. The second-order valence-corrected chi connectivity index (χ2v) is 16.7. The van der Waals surface area contributed by atoms with E-state index < -0.39 is 0 Å². The second-order valence-electron chi connectivity index (χ2n) is 16.7. The van der Waals surface area contributed by atoms with Gasteiger partial charge in [-0.25, -0.2) is 0 Å². The summed E-state index contributed by atoms with van der Waals surface area (Å²) < 4.78 is 2.62. The molecule has 278 valence electrons. The predicted molar refractivity (Wildman–Crippen MR) is 250 cm³/mol. The summed E-state index contributed by atoms with van der Waals surface area (Å²) in [6.45, 7) is 3.35. The monoisotopic (exact) mass is 735 g/mol. The normalized spacial score (nSPS) is 12.4. The van der Waals surface area contributed by atoms with Crippen LogP contribution in [0.25, 0.3) is 109 Å². The molecule has 0 fully saturated rings. The van der Waals surface area contributed by atoms with Crippen LogP contribution in [-0.2, 0) is 6.54 Å². The Hall–Kier alpha value is -5.92. The molecule has 1 heterocycles. The fourth-order valence-corrected chi connectivity index (χ4v) is 10.4. The first kappa shape index (κ1) is 34.3. The summed E-state index contributed by atoms with van der Waals surface area (Å²) in [6, 6.07) is 55.7. The van der Waals surface area contributed by atoms with Crippen molar-refractivity contribution in [1.29, 1.82) is 0 Å². The van der Waals surface area contributed by atoms with Crippen molar-refractivity contribution < 1.29 is 0 Å². The molecular formula is C56H49N. The lowest BCUT2D eigenvalue weighted by Crippen LogP contribution is -1.98. The first-order valence-electron chi connectivity index (χ1n) is 21.6. The highest BCUT2D eigenvalue weighted by molar-refractivity contribution is 6.27. The molecule has 11 rings (SSSR count). The van der Waals surface area contributed by atoms with Crippen molar-refractivity contribution in [3.8, 4) is 22.3 Å². The molecule has 1 heteroatoms. The number of nitrogens with zero attached hydrogens (tertiary/aromatic N) is 1. The molecule has 1 aromatic heterocycles. The van der Waals surface area contributed by atoms with Crippen LogP contribution in [0, 0.1) is 0 Å². The lowest BCUT2D eigenvalue weighted by atomic mass is 9.89. The Morgan fingerprint density at radius 2 is 0.719 bits per heavy atom. The zero-order valence-corrected chi connectivity index (χ0v) is 33.1. The Kier molecular flexibility index (Phi) is 8.57. The minimum Gasteiger partial charge on any atom is -0.340 e. The molecule has 0 spiro atoms. The molecule has 0 aliphatic heterocycles. The fourth-order valence-electron chi connectivity index (χ4n) is 10.4. The molecule has 0 N–H and O–H groups in total. The molecule has 11 aromatic rings. The van der Waals surface area contributed by atoms with Crippen LogP contribution >= 0.6 is 0 Å². The minimum absolute atomic E-state index is 1.05. The third-order valence-corrected chi connectivity index (χ3v) is 13.3. The van der Waals surface area contributed by atoms with Crippen molar-refractivity contribution >= 4 is 86.4 Å². The molecule has 0 radical (unpaired) electrons. The summed E-state index contributed by atoms with van der Waals surface area (Å²) in [5.41, 5.74) is 7.87. The molecule has 0 atom stereocenters. The van der Waals surface area contributed by atoms with Gasteiger partial charge in [-0.1, -0.05) is 186 Å². The molecule has 0 aliphatic rings. The molecule has 10 aromatic carbocycles. The van der Waals surface area contributed by atoms with Crippen LogP contribution in [0.4, 0.5) is 0 Å². The van der Waals surface area contributed by atoms with Gasteiger partial charge in [0, 0.05) is 28.4 Å². The maximum absolute atomic E-state index is 2.62. The lowest BCUT2D eigenvalue weighted by molar-refractivity contribution is 0.541. The molecule has 1 nitrogen and oxygen atoms in total. The summed E-state index contributed by atoms with van der Waals surface area (Å²) in [6.07, 6.45) is 13.5. The fraction of sp³-hybridized carbons (Fsp3) is 0.214. The number of hydrogen-bond acceptors (Lipinski definition) is 0. The quantitative estimate of drug-likeness (QED) is 0.0821. The van der Waals surface area contributed by atoms with Gasteiger partial charge in [-0.3, -0.25) is 0 Å². The lowest BCUT2D eigenvalue weighted by Gasteiger charge is -2.14. The van der Waals surface area contributed by atoms with Gasteiger partial charge in [-0.2, -0.15) is 0 Å². The number of rotatable bonds is 13. The summed E-state index contributed by atoms with van der Waals surface area (Å²) in [5.74, 6) is 0. The van der Waals surface area contributed by atoms with Gasteiger partial charge in [-0.15, -0.1) is 0 Å². The largest absolute Gasteiger partial charge is 0.340 e. The van der Waals surface area contributed by atoms with E-state index in [1.165, 1.54) is 173 Å². The molecule has 0 saturated carbocycles. The summed E-state index contributed by atoms with van der Waals surface area (Å²) in [5, 5.41) is 18.7. The van der Waals surface area contributed by atoms with E-state index in [0.29, 0.717) is 0 Å². The van der Waals surface area contributed by atoms with E-state index in [0.717, 1.165) is 6.54 Å². The smallest absolute Gasteiger partial charge is 0.0491 e. The topological polar surface area (TPSA) is 4.93 Å². The average Bonchev–Trinajstić information content (AvgIpc) is 3.57. The van der Waals surface area contributed by atoms with E-state index in [1.807, 2.05) is 0 Å².